The number of urea groups is 1. The van der Waals surface area contributed by atoms with E-state index in [0.29, 0.717) is 35.3 Å². The minimum Gasteiger partial charge on any atom is -0.481 e. The van der Waals surface area contributed by atoms with Crippen LogP contribution in [0.5, 0.6) is 5.88 Å². The number of nitrogens with zero attached hydrogens (tertiary/aromatic N) is 5. The fourth-order valence-electron chi connectivity index (χ4n) is 4.07. The van der Waals surface area contributed by atoms with Gasteiger partial charge in [0.25, 0.3) is 0 Å². The van der Waals surface area contributed by atoms with E-state index in [-0.39, 0.29) is 12.1 Å². The quantitative estimate of drug-likeness (QED) is 0.797. The third kappa shape index (κ3) is 3.81. The molecule has 3 aliphatic rings. The van der Waals surface area contributed by atoms with Crippen molar-refractivity contribution in [3.63, 3.8) is 0 Å². The average Bonchev–Trinajstić information content (AvgIpc) is 3.50. The number of pyridine rings is 1. The van der Waals surface area contributed by atoms with E-state index in [2.05, 4.69) is 20.3 Å². The van der Waals surface area contributed by atoms with Gasteiger partial charge in [0.2, 0.25) is 11.8 Å². The van der Waals surface area contributed by atoms with Gasteiger partial charge in [-0.15, -0.1) is 0 Å². The van der Waals surface area contributed by atoms with Gasteiger partial charge in [0.15, 0.2) is 0 Å². The number of halogens is 1. The third-order valence-corrected chi connectivity index (χ3v) is 5.77. The molecule has 32 heavy (non-hydrogen) atoms. The Morgan fingerprint density at radius 2 is 2.06 bits per heavy atom. The molecule has 3 aliphatic heterocycles. The van der Waals surface area contributed by atoms with E-state index in [0.717, 1.165) is 31.6 Å². The number of hydrogen-bond donors (Lipinski definition) is 1. The van der Waals surface area contributed by atoms with Crippen LogP contribution in [0.2, 0.25) is 0 Å². The average molecular weight is 434 g/mol. The second kappa shape index (κ2) is 8.41. The van der Waals surface area contributed by atoms with E-state index in [9.17, 15) is 9.18 Å². The summed E-state index contributed by atoms with van der Waals surface area (Å²) < 4.78 is 19.9. The number of guanidine groups is 1. The normalized spacial score (nSPS) is 19.5. The number of rotatable bonds is 4. The van der Waals surface area contributed by atoms with Crippen LogP contribution in [0.25, 0.3) is 0 Å². The minimum absolute atomic E-state index is 0.0995. The number of aliphatic imine (C=N–C) groups is 2. The maximum Gasteiger partial charge on any atom is 0.321 e. The number of hydrogen-bond acceptors (Lipinski definition) is 6. The van der Waals surface area contributed by atoms with Crippen LogP contribution < -0.4 is 10.1 Å². The van der Waals surface area contributed by atoms with Gasteiger partial charge in [-0.3, -0.25) is 0 Å². The van der Waals surface area contributed by atoms with Gasteiger partial charge in [-0.2, -0.15) is 0 Å². The molecule has 1 atom stereocenters. The number of carbonyl (C=O) groups is 1. The molecule has 8 nitrogen and oxygen atoms in total. The molecule has 0 saturated carbocycles. The molecule has 4 heterocycles. The first-order chi connectivity index (χ1) is 15.6. The number of anilines is 1. The molecule has 1 aromatic carbocycles. The van der Waals surface area contributed by atoms with E-state index >= 15 is 0 Å². The van der Waals surface area contributed by atoms with E-state index in [1.165, 1.54) is 6.07 Å². The molecule has 2 aromatic rings. The maximum atomic E-state index is 14.6. The van der Waals surface area contributed by atoms with Gasteiger partial charge in [-0.1, -0.05) is 6.07 Å². The minimum atomic E-state index is -0.411. The highest BCUT2D eigenvalue weighted by molar-refractivity contribution is 6.16. The van der Waals surface area contributed by atoms with Gasteiger partial charge in [0, 0.05) is 36.6 Å². The molecule has 0 spiro atoms. The number of methoxy groups -OCH3 is 1. The standard InChI is InChI=1S/C23H23FN6O2/c1-32-21-6-4-5-19(27-21)20-14-25-22-28-18(9-12-30(20)22)16-13-15(7-8-17(16)24)26-23(31)29-10-2-3-11-29/h4-9,12-13,20H,2-3,10-11,14H2,1H3,(H,26,31). The van der Waals surface area contributed by atoms with Crippen molar-refractivity contribution in [2.75, 3.05) is 32.1 Å². The maximum absolute atomic E-state index is 14.6. The fraction of sp³-hybridized carbons (Fsp3) is 0.304. The largest absolute Gasteiger partial charge is 0.481 e. The molecular weight excluding hydrogens is 411 g/mol. The molecule has 0 bridgehead atoms. The molecular formula is C23H23FN6O2. The van der Waals surface area contributed by atoms with Gasteiger partial charge in [-0.25, -0.2) is 24.2 Å². The first kappa shape index (κ1) is 20.2. The van der Waals surface area contributed by atoms with Crippen LogP contribution in [-0.4, -0.2) is 59.2 Å². The summed E-state index contributed by atoms with van der Waals surface area (Å²) in [6, 6.07) is 9.85. The molecule has 1 N–H and O–H groups in total. The second-order valence-corrected chi connectivity index (χ2v) is 7.80. The number of nitrogens with one attached hydrogen (secondary N) is 1. The van der Waals surface area contributed by atoms with Gasteiger partial charge < -0.3 is 19.9 Å². The van der Waals surface area contributed by atoms with Crippen molar-refractivity contribution in [1.29, 1.82) is 0 Å². The van der Waals surface area contributed by atoms with Crippen molar-refractivity contribution in [1.82, 2.24) is 14.8 Å². The first-order valence-corrected chi connectivity index (χ1v) is 10.6. The molecule has 5 rings (SSSR count). The molecule has 1 aromatic heterocycles. The molecule has 1 fully saturated rings. The van der Waals surface area contributed by atoms with Gasteiger partial charge >= 0.3 is 6.03 Å². The number of benzene rings is 1. The zero-order chi connectivity index (χ0) is 22.1. The number of amides is 2. The Morgan fingerprint density at radius 3 is 2.88 bits per heavy atom. The summed E-state index contributed by atoms with van der Waals surface area (Å²) >= 11 is 0. The van der Waals surface area contributed by atoms with Gasteiger partial charge in [0.1, 0.15) is 5.82 Å². The van der Waals surface area contributed by atoms with Gasteiger partial charge in [0.05, 0.1) is 31.1 Å². The Bertz CT molecular complexity index is 1140. The van der Waals surface area contributed by atoms with Crippen LogP contribution in [0.4, 0.5) is 14.9 Å². The highest BCUT2D eigenvalue weighted by Gasteiger charge is 2.31. The fourth-order valence-corrected chi connectivity index (χ4v) is 4.07. The molecule has 1 unspecified atom stereocenters. The number of ether oxygens (including phenoxy) is 1. The lowest BCUT2D eigenvalue weighted by atomic mass is 10.1. The lowest BCUT2D eigenvalue weighted by molar-refractivity contribution is 0.222. The molecule has 164 valence electrons. The Balaban J connectivity index is 1.35. The summed E-state index contributed by atoms with van der Waals surface area (Å²) in [4.78, 5) is 29.7. The Labute approximate surface area is 185 Å². The number of aromatic nitrogens is 1. The summed E-state index contributed by atoms with van der Waals surface area (Å²) in [6.07, 6.45) is 5.61. The topological polar surface area (TPSA) is 82.4 Å². The molecule has 9 heteroatoms. The molecule has 0 radical (unpaired) electrons. The summed E-state index contributed by atoms with van der Waals surface area (Å²) in [5.74, 6) is 0.629. The lowest BCUT2D eigenvalue weighted by Gasteiger charge is -2.25. The van der Waals surface area contributed by atoms with Crippen LogP contribution in [0.1, 0.15) is 30.1 Å². The summed E-state index contributed by atoms with van der Waals surface area (Å²) in [5.41, 5.74) is 2.12. The van der Waals surface area contributed by atoms with Gasteiger partial charge in [-0.05, 0) is 43.2 Å². The smallest absolute Gasteiger partial charge is 0.321 e. The van der Waals surface area contributed by atoms with Crippen molar-refractivity contribution < 1.29 is 13.9 Å². The summed E-state index contributed by atoms with van der Waals surface area (Å²) in [5, 5.41) is 2.86. The van der Waals surface area contributed by atoms with E-state index in [1.54, 1.807) is 36.3 Å². The van der Waals surface area contributed by atoms with Crippen molar-refractivity contribution in [3.05, 3.63) is 65.7 Å². The zero-order valence-electron chi connectivity index (χ0n) is 17.7. The summed E-state index contributed by atoms with van der Waals surface area (Å²) in [6.45, 7) is 1.98. The van der Waals surface area contributed by atoms with Crippen LogP contribution >= 0.6 is 0 Å². The molecule has 2 amide bonds. The van der Waals surface area contributed by atoms with Crippen molar-refractivity contribution in [2.45, 2.75) is 18.9 Å². The van der Waals surface area contributed by atoms with Crippen LogP contribution in [0.3, 0.4) is 0 Å². The SMILES string of the molecule is COc1cccc(C2CN=C3N=C(c4cc(NC(=O)N5CCCC5)ccc4F)C=CN32)n1. The van der Waals surface area contributed by atoms with Crippen LogP contribution in [-0.2, 0) is 0 Å². The monoisotopic (exact) mass is 434 g/mol. The first-order valence-electron chi connectivity index (χ1n) is 10.6. The van der Waals surface area contributed by atoms with Crippen LogP contribution in [0.15, 0.2) is 58.7 Å². The Kier molecular flexibility index (Phi) is 5.30. The molecule has 0 aliphatic carbocycles. The number of fused-ring (bicyclic) bond motifs is 1. The van der Waals surface area contributed by atoms with Crippen LogP contribution in [0, 0.1) is 5.82 Å². The second-order valence-electron chi connectivity index (χ2n) is 7.80. The third-order valence-electron chi connectivity index (χ3n) is 5.77. The van der Waals surface area contributed by atoms with Crippen molar-refractivity contribution in [2.24, 2.45) is 9.98 Å². The number of carbonyl (C=O) groups excluding carboxylic acids is 1. The number of allylic oxidation sites excluding steroid dienone is 1. The predicted molar refractivity (Wildman–Crippen MR) is 120 cm³/mol. The number of likely N-dealkylation sites (tertiary alicyclic amines) is 1. The van der Waals surface area contributed by atoms with Crippen molar-refractivity contribution in [3.8, 4) is 5.88 Å². The molecule has 1 saturated heterocycles. The summed E-state index contributed by atoms with van der Waals surface area (Å²) in [7, 11) is 1.58. The Morgan fingerprint density at radius 1 is 1.22 bits per heavy atom. The predicted octanol–water partition coefficient (Wildman–Crippen LogP) is 3.59. The van der Waals surface area contributed by atoms with Crippen molar-refractivity contribution >= 4 is 23.4 Å². The lowest BCUT2D eigenvalue weighted by Crippen LogP contribution is -2.32. The highest BCUT2D eigenvalue weighted by Crippen LogP contribution is 2.30. The highest BCUT2D eigenvalue weighted by atomic mass is 19.1. The van der Waals surface area contributed by atoms with E-state index in [1.807, 2.05) is 23.2 Å². The van der Waals surface area contributed by atoms with E-state index < -0.39 is 5.82 Å². The van der Waals surface area contributed by atoms with E-state index in [4.69, 9.17) is 4.74 Å². The Hall–Kier alpha value is -3.75. The zero-order valence-corrected chi connectivity index (χ0v) is 17.7.